The number of aliphatic carboxylic acids is 2. The van der Waals surface area contributed by atoms with Crippen molar-refractivity contribution in [1.29, 1.82) is 0 Å². The molecule has 5 unspecified atom stereocenters. The number of hydrogen-bond acceptors (Lipinski definition) is 8. The van der Waals surface area contributed by atoms with E-state index in [2.05, 4.69) is 16.0 Å². The summed E-state index contributed by atoms with van der Waals surface area (Å²) in [6.07, 6.45) is 4.15. The second-order valence-corrected chi connectivity index (χ2v) is 9.90. The van der Waals surface area contributed by atoms with Crippen LogP contribution in [0.1, 0.15) is 46.0 Å². The van der Waals surface area contributed by atoms with Crippen molar-refractivity contribution in [1.82, 2.24) is 16.0 Å². The van der Waals surface area contributed by atoms with E-state index < -0.39 is 53.8 Å². The van der Waals surface area contributed by atoms with Gasteiger partial charge in [0.25, 0.3) is 0 Å². The number of rotatable bonds is 18. The molecule has 0 aromatic carbocycles. The summed E-state index contributed by atoms with van der Waals surface area (Å²) < 4.78 is 0. The molecule has 0 saturated carbocycles. The van der Waals surface area contributed by atoms with Crippen LogP contribution in [-0.2, 0) is 24.0 Å². The number of hydrogen-bond donors (Lipinski definition) is 6. The fourth-order valence-electron chi connectivity index (χ4n) is 2.86. The molecule has 0 fully saturated rings. The molecule has 34 heavy (non-hydrogen) atoms. The zero-order valence-electron chi connectivity index (χ0n) is 20.2. The van der Waals surface area contributed by atoms with Gasteiger partial charge in [-0.3, -0.25) is 19.2 Å². The van der Waals surface area contributed by atoms with Gasteiger partial charge in [0.2, 0.25) is 17.7 Å². The van der Waals surface area contributed by atoms with E-state index in [4.69, 9.17) is 10.8 Å². The Kier molecular flexibility index (Phi) is 16.4. The third-order valence-corrected chi connectivity index (χ3v) is 6.60. The van der Waals surface area contributed by atoms with Gasteiger partial charge in [-0.2, -0.15) is 23.5 Å². The predicted molar refractivity (Wildman–Crippen MR) is 134 cm³/mol. The van der Waals surface area contributed by atoms with E-state index in [1.165, 1.54) is 23.5 Å². The highest BCUT2D eigenvalue weighted by Crippen LogP contribution is 2.09. The van der Waals surface area contributed by atoms with E-state index in [1.807, 2.05) is 19.4 Å². The summed E-state index contributed by atoms with van der Waals surface area (Å²) in [5, 5.41) is 25.9. The van der Waals surface area contributed by atoms with Crippen molar-refractivity contribution in [3.63, 3.8) is 0 Å². The summed E-state index contributed by atoms with van der Waals surface area (Å²) in [5.74, 6) is -3.43. The minimum absolute atomic E-state index is 0.155. The zero-order valence-corrected chi connectivity index (χ0v) is 21.8. The van der Waals surface area contributed by atoms with Gasteiger partial charge >= 0.3 is 11.9 Å². The second kappa shape index (κ2) is 17.4. The number of carbonyl (C=O) groups excluding carboxylic acids is 3. The Labute approximate surface area is 209 Å². The third kappa shape index (κ3) is 12.5. The lowest BCUT2D eigenvalue weighted by Crippen LogP contribution is -2.57. The Morgan fingerprint density at radius 3 is 1.68 bits per heavy atom. The number of carboxylic acids is 2. The van der Waals surface area contributed by atoms with Gasteiger partial charge in [-0.1, -0.05) is 20.3 Å². The number of amides is 3. The number of thioether (sulfide) groups is 2. The number of carbonyl (C=O) groups is 5. The maximum absolute atomic E-state index is 13.0. The van der Waals surface area contributed by atoms with Crippen molar-refractivity contribution in [3.05, 3.63) is 0 Å². The van der Waals surface area contributed by atoms with Gasteiger partial charge < -0.3 is 31.9 Å². The summed E-state index contributed by atoms with van der Waals surface area (Å²) in [6.45, 7) is 3.65. The minimum atomic E-state index is -1.21. The maximum atomic E-state index is 13.0. The molecule has 0 aromatic heterocycles. The van der Waals surface area contributed by atoms with Crippen LogP contribution in [0.25, 0.3) is 0 Å². The lowest BCUT2D eigenvalue weighted by atomic mass is 9.98. The highest BCUT2D eigenvalue weighted by Gasteiger charge is 2.31. The first-order valence-corrected chi connectivity index (χ1v) is 13.9. The van der Waals surface area contributed by atoms with Crippen molar-refractivity contribution >= 4 is 53.2 Å². The molecule has 0 rings (SSSR count). The van der Waals surface area contributed by atoms with Gasteiger partial charge in [-0.25, -0.2) is 4.79 Å². The summed E-state index contributed by atoms with van der Waals surface area (Å²) >= 11 is 2.89. The first-order valence-electron chi connectivity index (χ1n) is 11.1. The van der Waals surface area contributed by atoms with Crippen LogP contribution in [0.15, 0.2) is 0 Å². The molecule has 0 aliphatic heterocycles. The summed E-state index contributed by atoms with van der Waals surface area (Å²) in [6, 6.07) is -4.25. The summed E-state index contributed by atoms with van der Waals surface area (Å²) in [4.78, 5) is 60.8. The molecular weight excluding hydrogens is 484 g/mol. The lowest BCUT2D eigenvalue weighted by Gasteiger charge is -2.26. The quantitative estimate of drug-likeness (QED) is 0.146. The number of nitrogens with two attached hydrogens (primary N) is 1. The Hall–Kier alpha value is -1.99. The molecule has 196 valence electrons. The van der Waals surface area contributed by atoms with Gasteiger partial charge in [-0.15, -0.1) is 0 Å². The van der Waals surface area contributed by atoms with Crippen molar-refractivity contribution in [2.24, 2.45) is 11.7 Å². The smallest absolute Gasteiger partial charge is 0.326 e. The Morgan fingerprint density at radius 2 is 1.24 bits per heavy atom. The molecule has 3 amide bonds. The van der Waals surface area contributed by atoms with Crippen LogP contribution in [0.5, 0.6) is 0 Å². The molecule has 0 saturated heterocycles. The fourth-order valence-corrected chi connectivity index (χ4v) is 3.80. The Bertz CT molecular complexity index is 696. The first-order chi connectivity index (χ1) is 16.0. The fraction of sp³-hybridized carbons (Fsp3) is 0.762. The molecule has 0 aliphatic rings. The highest BCUT2D eigenvalue weighted by atomic mass is 32.2. The number of carboxylic acid groups (broad SMARTS) is 2. The van der Waals surface area contributed by atoms with Gasteiger partial charge in [-0.05, 0) is 49.2 Å². The molecule has 0 heterocycles. The predicted octanol–water partition coefficient (Wildman–Crippen LogP) is 0.270. The second-order valence-electron chi connectivity index (χ2n) is 7.93. The average Bonchev–Trinajstić information content (AvgIpc) is 2.79. The molecule has 0 spiro atoms. The third-order valence-electron chi connectivity index (χ3n) is 5.31. The van der Waals surface area contributed by atoms with Crippen LogP contribution in [-0.4, -0.2) is 88.1 Å². The van der Waals surface area contributed by atoms with Crippen LogP contribution in [0, 0.1) is 5.92 Å². The van der Waals surface area contributed by atoms with Crippen molar-refractivity contribution in [2.75, 3.05) is 24.0 Å². The molecule has 5 atom stereocenters. The van der Waals surface area contributed by atoms with E-state index in [9.17, 15) is 29.1 Å². The minimum Gasteiger partial charge on any atom is -0.481 e. The van der Waals surface area contributed by atoms with E-state index in [0.29, 0.717) is 17.9 Å². The van der Waals surface area contributed by atoms with Crippen LogP contribution >= 0.6 is 23.5 Å². The standard InChI is InChI=1S/C21H38N4O7S2/c1-5-12(2)17(22)20(30)24-13(6-7-16(26)27)18(28)23-14(8-10-33-3)19(29)25-15(21(31)32)9-11-34-4/h12-15,17H,5-11,22H2,1-4H3,(H,23,28)(H,24,30)(H,25,29)(H,26,27)(H,31,32). The van der Waals surface area contributed by atoms with Crippen LogP contribution in [0.4, 0.5) is 0 Å². The van der Waals surface area contributed by atoms with Crippen LogP contribution in [0.3, 0.4) is 0 Å². The van der Waals surface area contributed by atoms with Crippen molar-refractivity contribution in [3.8, 4) is 0 Å². The van der Waals surface area contributed by atoms with E-state index in [0.717, 1.165) is 0 Å². The van der Waals surface area contributed by atoms with Gasteiger partial charge in [0.1, 0.15) is 18.1 Å². The van der Waals surface area contributed by atoms with Crippen molar-refractivity contribution < 1.29 is 34.2 Å². The largest absolute Gasteiger partial charge is 0.481 e. The first kappa shape index (κ1) is 32.0. The summed E-state index contributed by atoms with van der Waals surface area (Å²) in [5.41, 5.74) is 5.93. The Balaban J connectivity index is 5.52. The molecule has 13 heteroatoms. The van der Waals surface area contributed by atoms with E-state index >= 15 is 0 Å². The lowest BCUT2D eigenvalue weighted by molar-refractivity contribution is -0.142. The monoisotopic (exact) mass is 522 g/mol. The van der Waals surface area contributed by atoms with E-state index in [-0.39, 0.29) is 31.6 Å². The zero-order chi connectivity index (χ0) is 26.3. The summed E-state index contributed by atoms with van der Waals surface area (Å²) in [7, 11) is 0. The molecule has 0 bridgehead atoms. The Morgan fingerprint density at radius 1 is 0.794 bits per heavy atom. The highest BCUT2D eigenvalue weighted by molar-refractivity contribution is 7.98. The molecular formula is C21H38N4O7S2. The van der Waals surface area contributed by atoms with Gasteiger partial charge in [0.15, 0.2) is 0 Å². The SMILES string of the molecule is CCC(C)C(N)C(=O)NC(CCC(=O)O)C(=O)NC(CCSC)C(=O)NC(CCSC)C(=O)O. The van der Waals surface area contributed by atoms with Gasteiger partial charge in [0, 0.05) is 6.42 Å². The molecule has 0 aliphatic carbocycles. The average molecular weight is 523 g/mol. The normalized spacial score (nSPS) is 15.3. The molecule has 11 nitrogen and oxygen atoms in total. The van der Waals surface area contributed by atoms with Crippen molar-refractivity contribution in [2.45, 2.75) is 70.1 Å². The number of nitrogens with one attached hydrogen (secondary N) is 3. The van der Waals surface area contributed by atoms with Crippen LogP contribution < -0.4 is 21.7 Å². The van der Waals surface area contributed by atoms with Crippen LogP contribution in [0.2, 0.25) is 0 Å². The molecule has 0 radical (unpaired) electrons. The maximum Gasteiger partial charge on any atom is 0.326 e. The topological polar surface area (TPSA) is 188 Å². The molecule has 7 N–H and O–H groups in total. The van der Waals surface area contributed by atoms with Gasteiger partial charge in [0.05, 0.1) is 6.04 Å². The molecule has 0 aromatic rings. The van der Waals surface area contributed by atoms with E-state index in [1.54, 1.807) is 6.92 Å².